The highest BCUT2D eigenvalue weighted by atomic mass is 35.5. The number of aliphatic hydroxyl groups is 3. The first-order valence-corrected chi connectivity index (χ1v) is 9.56. The predicted molar refractivity (Wildman–Crippen MR) is 105 cm³/mol. The number of hydrogen-bond donors (Lipinski definition) is 5. The van der Waals surface area contributed by atoms with E-state index in [2.05, 4.69) is 10.6 Å². The Kier molecular flexibility index (Phi) is 5.43. The molecule has 0 spiro atoms. The average Bonchev–Trinajstić information content (AvgIpc) is 3.40. The van der Waals surface area contributed by atoms with E-state index in [1.165, 1.54) is 0 Å². The van der Waals surface area contributed by atoms with Crippen molar-refractivity contribution < 1.29 is 29.6 Å². The second kappa shape index (κ2) is 7.73. The van der Waals surface area contributed by atoms with Crippen LogP contribution in [0.3, 0.4) is 0 Å². The minimum absolute atomic E-state index is 0.223. The van der Waals surface area contributed by atoms with Crippen LogP contribution in [0, 0.1) is 0 Å². The average molecular weight is 441 g/mol. The Balaban J connectivity index is 1.56. The molecular weight excluding hydrogens is 423 g/mol. The summed E-state index contributed by atoms with van der Waals surface area (Å²) in [5, 5.41) is 36.3. The number of halogens is 2. The van der Waals surface area contributed by atoms with Gasteiger partial charge in [-0.2, -0.15) is 0 Å². The Morgan fingerprint density at radius 1 is 1.14 bits per heavy atom. The number of epoxide rings is 1. The maximum atomic E-state index is 12.9. The van der Waals surface area contributed by atoms with Gasteiger partial charge >= 0.3 is 0 Å². The fourth-order valence-electron chi connectivity index (χ4n) is 3.37. The highest BCUT2D eigenvalue weighted by Crippen LogP contribution is 2.45. The number of rotatable bonds is 5. The van der Waals surface area contributed by atoms with Crippen LogP contribution in [0.15, 0.2) is 42.5 Å². The van der Waals surface area contributed by atoms with E-state index in [4.69, 9.17) is 32.7 Å². The largest absolute Gasteiger partial charge is 0.394 e. The molecule has 0 radical (unpaired) electrons. The Morgan fingerprint density at radius 3 is 2.52 bits per heavy atom. The first kappa shape index (κ1) is 20.4. The van der Waals surface area contributed by atoms with Crippen molar-refractivity contribution >= 4 is 40.5 Å². The van der Waals surface area contributed by atoms with Gasteiger partial charge in [-0.1, -0.05) is 41.4 Å². The molecule has 0 aliphatic carbocycles. The highest BCUT2D eigenvalue weighted by Gasteiger charge is 2.70. The van der Waals surface area contributed by atoms with Crippen molar-refractivity contribution in [2.24, 2.45) is 0 Å². The van der Waals surface area contributed by atoms with Crippen LogP contribution in [0.25, 0.3) is 0 Å². The zero-order valence-electron chi connectivity index (χ0n) is 14.9. The molecule has 2 aromatic rings. The van der Waals surface area contributed by atoms with Crippen molar-refractivity contribution in [1.29, 1.82) is 0 Å². The van der Waals surface area contributed by atoms with Crippen LogP contribution in [-0.2, 0) is 9.47 Å². The fourth-order valence-corrected chi connectivity index (χ4v) is 3.86. The summed E-state index contributed by atoms with van der Waals surface area (Å²) in [5.74, 6) is -2.40. The number of nitrogens with one attached hydrogen (secondary N) is 2. The van der Waals surface area contributed by atoms with Gasteiger partial charge in [0.2, 0.25) is 5.79 Å². The second-order valence-electron chi connectivity index (χ2n) is 6.76. The van der Waals surface area contributed by atoms with Gasteiger partial charge in [-0.3, -0.25) is 4.79 Å². The van der Waals surface area contributed by atoms with E-state index in [0.717, 1.165) is 0 Å². The number of carbonyl (C=O) groups excluding carboxylic acids is 1. The van der Waals surface area contributed by atoms with Gasteiger partial charge in [0.25, 0.3) is 5.91 Å². The first-order valence-electron chi connectivity index (χ1n) is 8.80. The molecule has 2 aliphatic heterocycles. The molecule has 2 saturated heterocycles. The van der Waals surface area contributed by atoms with E-state index >= 15 is 0 Å². The molecule has 2 aliphatic rings. The molecule has 2 fully saturated rings. The lowest BCUT2D eigenvalue weighted by Crippen LogP contribution is -2.60. The number of amides is 1. The van der Waals surface area contributed by atoms with Crippen LogP contribution in [0.1, 0.15) is 10.4 Å². The van der Waals surface area contributed by atoms with E-state index in [1.807, 2.05) is 0 Å². The van der Waals surface area contributed by atoms with E-state index in [1.54, 1.807) is 42.5 Å². The molecule has 4 rings (SSSR count). The maximum Gasteiger partial charge on any atom is 0.253 e. The summed E-state index contributed by atoms with van der Waals surface area (Å²) in [5.41, 5.74) is 1.08. The molecule has 154 valence electrons. The summed E-state index contributed by atoms with van der Waals surface area (Å²) in [6.07, 6.45) is -3.27. The quantitative estimate of drug-likeness (QED) is 0.447. The number of aliphatic hydroxyl groups excluding tert-OH is 2. The molecule has 0 saturated carbocycles. The van der Waals surface area contributed by atoms with Gasteiger partial charge in [-0.15, -0.1) is 0 Å². The third kappa shape index (κ3) is 3.69. The zero-order valence-corrected chi connectivity index (χ0v) is 16.4. The van der Waals surface area contributed by atoms with E-state index in [0.29, 0.717) is 21.4 Å². The standard InChI is InChI=1S/C19H18Cl2N2O6/c20-10-5-3-6-11(21)14(10)22-12-7-2-1-4-9(12)17(25)23-15-18(26)28-13(8-24)16-19(15,27)29-16/h1-7,13,15-16,18,22,24,26-27H,8H2,(H,23,25). The second-order valence-corrected chi connectivity index (χ2v) is 7.57. The van der Waals surface area contributed by atoms with Gasteiger partial charge in [-0.05, 0) is 24.3 Å². The number of anilines is 2. The minimum atomic E-state index is -1.81. The molecular formula is C19H18Cl2N2O6. The first-order chi connectivity index (χ1) is 13.8. The van der Waals surface area contributed by atoms with Gasteiger partial charge in [0.05, 0.1) is 33.6 Å². The van der Waals surface area contributed by atoms with Gasteiger partial charge in [0.1, 0.15) is 18.2 Å². The van der Waals surface area contributed by atoms with Crippen molar-refractivity contribution in [3.63, 3.8) is 0 Å². The number of para-hydroxylation sites is 2. The van der Waals surface area contributed by atoms with Gasteiger partial charge in [-0.25, -0.2) is 0 Å². The molecule has 2 aromatic carbocycles. The molecule has 5 atom stereocenters. The number of fused-ring (bicyclic) bond motifs is 1. The van der Waals surface area contributed by atoms with E-state index < -0.39 is 42.8 Å². The molecule has 5 unspecified atom stereocenters. The number of benzene rings is 2. The zero-order chi connectivity index (χ0) is 20.8. The van der Waals surface area contributed by atoms with Crippen molar-refractivity contribution in [3.8, 4) is 0 Å². The van der Waals surface area contributed by atoms with Crippen LogP contribution in [0.2, 0.25) is 10.0 Å². The molecule has 29 heavy (non-hydrogen) atoms. The minimum Gasteiger partial charge on any atom is -0.394 e. The lowest BCUT2D eigenvalue weighted by atomic mass is 9.99. The maximum absolute atomic E-state index is 12.9. The lowest BCUT2D eigenvalue weighted by Gasteiger charge is -2.33. The molecule has 5 N–H and O–H groups in total. The molecule has 0 bridgehead atoms. The smallest absolute Gasteiger partial charge is 0.253 e. The van der Waals surface area contributed by atoms with Crippen molar-refractivity contribution in [2.75, 3.05) is 11.9 Å². The fraction of sp³-hybridized carbons (Fsp3) is 0.316. The van der Waals surface area contributed by atoms with Crippen LogP contribution in [0.4, 0.5) is 11.4 Å². The lowest BCUT2D eigenvalue weighted by molar-refractivity contribution is -0.207. The van der Waals surface area contributed by atoms with Crippen LogP contribution in [-0.4, -0.2) is 58.2 Å². The third-order valence-electron chi connectivity index (χ3n) is 4.91. The topological polar surface area (TPSA) is 124 Å². The molecule has 1 amide bonds. The summed E-state index contributed by atoms with van der Waals surface area (Å²) in [7, 11) is 0. The SMILES string of the molecule is O=C(NC1C(O)OC(CO)C2OC12O)c1ccccc1Nc1c(Cl)cccc1Cl. The van der Waals surface area contributed by atoms with Crippen LogP contribution >= 0.6 is 23.2 Å². The summed E-state index contributed by atoms with van der Waals surface area (Å²) in [4.78, 5) is 12.9. The predicted octanol–water partition coefficient (Wildman–Crippen LogP) is 1.63. The Bertz CT molecular complexity index is 924. The normalized spacial score (nSPS) is 30.4. The number of carbonyl (C=O) groups is 1. The Morgan fingerprint density at radius 2 is 1.83 bits per heavy atom. The van der Waals surface area contributed by atoms with Crippen molar-refractivity contribution in [1.82, 2.24) is 5.32 Å². The number of ether oxygens (including phenoxy) is 2. The summed E-state index contributed by atoms with van der Waals surface area (Å²) in [6, 6.07) is 10.4. The van der Waals surface area contributed by atoms with Gasteiger partial charge in [0.15, 0.2) is 6.29 Å². The van der Waals surface area contributed by atoms with Gasteiger partial charge in [0, 0.05) is 0 Å². The summed E-state index contributed by atoms with van der Waals surface area (Å²) in [6.45, 7) is -0.434. The van der Waals surface area contributed by atoms with Crippen LogP contribution in [0.5, 0.6) is 0 Å². The third-order valence-corrected chi connectivity index (χ3v) is 5.54. The molecule has 10 heteroatoms. The van der Waals surface area contributed by atoms with Gasteiger partial charge < -0.3 is 35.4 Å². The Hall–Kier alpha value is -1.91. The van der Waals surface area contributed by atoms with Crippen molar-refractivity contribution in [2.45, 2.75) is 30.3 Å². The monoisotopic (exact) mass is 440 g/mol. The van der Waals surface area contributed by atoms with Crippen LogP contribution < -0.4 is 10.6 Å². The molecule has 0 aromatic heterocycles. The molecule has 8 nitrogen and oxygen atoms in total. The summed E-state index contributed by atoms with van der Waals surface area (Å²) >= 11 is 12.4. The van der Waals surface area contributed by atoms with E-state index in [9.17, 15) is 20.1 Å². The summed E-state index contributed by atoms with van der Waals surface area (Å²) < 4.78 is 10.4. The molecule has 2 heterocycles. The van der Waals surface area contributed by atoms with Crippen molar-refractivity contribution in [3.05, 3.63) is 58.1 Å². The highest BCUT2D eigenvalue weighted by molar-refractivity contribution is 6.39. The number of hydrogen-bond acceptors (Lipinski definition) is 7. The van der Waals surface area contributed by atoms with E-state index in [-0.39, 0.29) is 5.56 Å². The Labute approximate surface area is 176 Å².